The average Bonchev–Trinajstić information content (AvgIpc) is 2.87. The molecule has 0 aliphatic carbocycles. The summed E-state index contributed by atoms with van der Waals surface area (Å²) in [5, 5.41) is 0.594. The van der Waals surface area contributed by atoms with Crippen LogP contribution in [0, 0.1) is 0 Å². The summed E-state index contributed by atoms with van der Waals surface area (Å²) in [4.78, 5) is 23.9. The number of ether oxygens (including phenoxy) is 2. The summed E-state index contributed by atoms with van der Waals surface area (Å²) < 4.78 is 9.56. The minimum atomic E-state index is -0.412. The van der Waals surface area contributed by atoms with E-state index in [0.717, 1.165) is 0 Å². The molecule has 0 atom stereocenters. The van der Waals surface area contributed by atoms with Gasteiger partial charge in [0.2, 0.25) is 5.88 Å². The molecule has 0 aliphatic heterocycles. The minimum Gasteiger partial charge on any atom is -0.480 e. The van der Waals surface area contributed by atoms with Crippen LogP contribution in [0.15, 0.2) is 18.6 Å². The van der Waals surface area contributed by atoms with Crippen LogP contribution in [0.1, 0.15) is 9.67 Å². The van der Waals surface area contributed by atoms with E-state index in [0.29, 0.717) is 21.5 Å². The summed E-state index contributed by atoms with van der Waals surface area (Å²) in [7, 11) is 2.84. The Bertz CT molecular complexity index is 541. The van der Waals surface area contributed by atoms with Gasteiger partial charge in [-0.15, -0.1) is 11.3 Å². The van der Waals surface area contributed by atoms with Crippen LogP contribution in [0.25, 0.3) is 10.7 Å². The second-order valence-corrected chi connectivity index (χ2v) is 4.00. The highest BCUT2D eigenvalue weighted by atomic mass is 32.1. The van der Waals surface area contributed by atoms with E-state index in [1.165, 1.54) is 38.0 Å². The topological polar surface area (TPSA) is 74.2 Å². The Morgan fingerprint density at radius 3 is 2.82 bits per heavy atom. The van der Waals surface area contributed by atoms with Crippen LogP contribution in [-0.2, 0) is 4.74 Å². The number of thiazole rings is 1. The smallest absolute Gasteiger partial charge is 0.349 e. The second kappa shape index (κ2) is 4.88. The van der Waals surface area contributed by atoms with Crippen LogP contribution < -0.4 is 4.74 Å². The highest BCUT2D eigenvalue weighted by Gasteiger charge is 2.13. The van der Waals surface area contributed by atoms with Gasteiger partial charge in [0.05, 0.1) is 32.8 Å². The molecule has 2 aromatic heterocycles. The standard InChI is InChI=1S/C10H9N3O3S/c1-15-8-5-11-3-6(13-8)9-12-4-7(17-9)10(14)16-2/h3-5H,1-2H3. The second-order valence-electron chi connectivity index (χ2n) is 2.97. The number of carbonyl (C=O) groups excluding carboxylic acids is 1. The first-order valence-electron chi connectivity index (χ1n) is 4.65. The van der Waals surface area contributed by atoms with Crippen molar-refractivity contribution in [3.8, 4) is 16.6 Å². The number of carbonyl (C=O) groups is 1. The van der Waals surface area contributed by atoms with Gasteiger partial charge in [-0.05, 0) is 0 Å². The summed E-state index contributed by atoms with van der Waals surface area (Å²) in [6.45, 7) is 0. The van der Waals surface area contributed by atoms with E-state index in [1.54, 1.807) is 6.20 Å². The van der Waals surface area contributed by atoms with E-state index in [4.69, 9.17) is 4.74 Å². The number of esters is 1. The Morgan fingerprint density at radius 2 is 2.12 bits per heavy atom. The Hall–Kier alpha value is -2.02. The summed E-state index contributed by atoms with van der Waals surface area (Å²) in [6.07, 6.45) is 4.51. The van der Waals surface area contributed by atoms with Gasteiger partial charge < -0.3 is 9.47 Å². The molecule has 6 nitrogen and oxygen atoms in total. The van der Waals surface area contributed by atoms with Gasteiger partial charge in [0.25, 0.3) is 0 Å². The van der Waals surface area contributed by atoms with Crippen molar-refractivity contribution in [2.24, 2.45) is 0 Å². The maximum Gasteiger partial charge on any atom is 0.349 e. The van der Waals surface area contributed by atoms with E-state index in [9.17, 15) is 4.79 Å². The van der Waals surface area contributed by atoms with Crippen LogP contribution in [-0.4, -0.2) is 35.1 Å². The highest BCUT2D eigenvalue weighted by Crippen LogP contribution is 2.24. The Morgan fingerprint density at radius 1 is 1.29 bits per heavy atom. The van der Waals surface area contributed by atoms with Gasteiger partial charge in [-0.3, -0.25) is 4.98 Å². The first-order chi connectivity index (χ1) is 8.24. The number of aromatic nitrogens is 3. The lowest BCUT2D eigenvalue weighted by Gasteiger charge is -1.98. The maximum atomic E-state index is 11.3. The molecule has 2 rings (SSSR count). The van der Waals surface area contributed by atoms with Crippen LogP contribution in [0.5, 0.6) is 5.88 Å². The molecule has 0 aliphatic rings. The molecule has 0 aromatic carbocycles. The van der Waals surface area contributed by atoms with Crippen molar-refractivity contribution in [2.75, 3.05) is 14.2 Å². The zero-order valence-corrected chi connectivity index (χ0v) is 10.0. The van der Waals surface area contributed by atoms with Crippen LogP contribution >= 0.6 is 11.3 Å². The van der Waals surface area contributed by atoms with Crippen molar-refractivity contribution >= 4 is 17.3 Å². The van der Waals surface area contributed by atoms with Crippen LogP contribution in [0.4, 0.5) is 0 Å². The van der Waals surface area contributed by atoms with E-state index in [-0.39, 0.29) is 0 Å². The van der Waals surface area contributed by atoms with E-state index in [2.05, 4.69) is 19.7 Å². The zero-order valence-electron chi connectivity index (χ0n) is 9.21. The van der Waals surface area contributed by atoms with Gasteiger partial charge in [0, 0.05) is 0 Å². The zero-order chi connectivity index (χ0) is 12.3. The van der Waals surface area contributed by atoms with E-state index in [1.807, 2.05) is 0 Å². The highest BCUT2D eigenvalue weighted by molar-refractivity contribution is 7.16. The van der Waals surface area contributed by atoms with Gasteiger partial charge >= 0.3 is 5.97 Å². The molecule has 0 amide bonds. The first kappa shape index (κ1) is 11.5. The molecule has 0 saturated carbocycles. The van der Waals surface area contributed by atoms with Crippen molar-refractivity contribution in [1.29, 1.82) is 0 Å². The molecule has 7 heteroatoms. The molecule has 0 fully saturated rings. The Kier molecular flexibility index (Phi) is 3.29. The molecule has 0 unspecified atom stereocenters. The third-order valence-corrected chi connectivity index (χ3v) is 2.93. The quantitative estimate of drug-likeness (QED) is 0.767. The lowest BCUT2D eigenvalue weighted by Crippen LogP contribution is -1.96. The normalized spacial score (nSPS) is 10.0. The number of methoxy groups -OCH3 is 2. The third-order valence-electron chi connectivity index (χ3n) is 1.93. The molecule has 0 N–H and O–H groups in total. The predicted octanol–water partition coefficient (Wildman–Crippen LogP) is 1.40. The number of hydrogen-bond acceptors (Lipinski definition) is 7. The molecular weight excluding hydrogens is 242 g/mol. The summed E-state index contributed by atoms with van der Waals surface area (Å²) in [5.41, 5.74) is 0.560. The fourth-order valence-electron chi connectivity index (χ4n) is 1.14. The van der Waals surface area contributed by atoms with Crippen LogP contribution in [0.3, 0.4) is 0 Å². The van der Waals surface area contributed by atoms with Crippen molar-refractivity contribution < 1.29 is 14.3 Å². The van der Waals surface area contributed by atoms with Crippen molar-refractivity contribution in [1.82, 2.24) is 15.0 Å². The number of nitrogens with zero attached hydrogens (tertiary/aromatic N) is 3. The number of hydrogen-bond donors (Lipinski definition) is 0. The van der Waals surface area contributed by atoms with Gasteiger partial charge in [-0.2, -0.15) is 0 Å². The lowest BCUT2D eigenvalue weighted by molar-refractivity contribution is 0.0606. The summed E-state index contributed by atoms with van der Waals surface area (Å²) in [6, 6.07) is 0. The predicted molar refractivity (Wildman–Crippen MR) is 61.0 cm³/mol. The minimum absolute atomic E-state index is 0.400. The molecule has 2 heterocycles. The molecule has 0 spiro atoms. The largest absolute Gasteiger partial charge is 0.480 e. The Labute approximate surface area is 101 Å². The van der Waals surface area contributed by atoms with E-state index < -0.39 is 5.97 Å². The van der Waals surface area contributed by atoms with Crippen molar-refractivity contribution in [3.63, 3.8) is 0 Å². The molecule has 0 radical (unpaired) electrons. The molecular formula is C10H9N3O3S. The monoisotopic (exact) mass is 251 g/mol. The average molecular weight is 251 g/mol. The van der Waals surface area contributed by atoms with Gasteiger partial charge in [-0.25, -0.2) is 14.8 Å². The summed E-state index contributed by atoms with van der Waals surface area (Å²) in [5.74, 6) is -0.0121. The number of rotatable bonds is 3. The fraction of sp³-hybridized carbons (Fsp3) is 0.200. The molecule has 0 bridgehead atoms. The molecule has 17 heavy (non-hydrogen) atoms. The summed E-state index contributed by atoms with van der Waals surface area (Å²) >= 11 is 1.19. The first-order valence-corrected chi connectivity index (χ1v) is 5.47. The molecule has 2 aromatic rings. The van der Waals surface area contributed by atoms with Crippen molar-refractivity contribution in [2.45, 2.75) is 0 Å². The van der Waals surface area contributed by atoms with E-state index >= 15 is 0 Å². The van der Waals surface area contributed by atoms with Crippen molar-refractivity contribution in [3.05, 3.63) is 23.5 Å². The van der Waals surface area contributed by atoms with Gasteiger partial charge in [0.1, 0.15) is 15.6 Å². The van der Waals surface area contributed by atoms with Gasteiger partial charge in [0.15, 0.2) is 0 Å². The molecule has 0 saturated heterocycles. The Balaban J connectivity index is 2.33. The maximum absolute atomic E-state index is 11.3. The van der Waals surface area contributed by atoms with Gasteiger partial charge in [-0.1, -0.05) is 0 Å². The molecule has 88 valence electrons. The lowest BCUT2D eigenvalue weighted by atomic mass is 10.5. The SMILES string of the molecule is COC(=O)c1cnc(-c2cncc(OC)n2)s1. The third kappa shape index (κ3) is 2.39. The fourth-order valence-corrected chi connectivity index (χ4v) is 1.93. The van der Waals surface area contributed by atoms with Crippen LogP contribution in [0.2, 0.25) is 0 Å².